The van der Waals surface area contributed by atoms with Gasteiger partial charge in [-0.15, -0.1) is 11.3 Å². The minimum atomic E-state index is -4.07. The van der Waals surface area contributed by atoms with Crippen LogP contribution in [0.4, 0.5) is 10.7 Å². The predicted octanol–water partition coefficient (Wildman–Crippen LogP) is 4.90. The van der Waals surface area contributed by atoms with Crippen molar-refractivity contribution in [1.29, 1.82) is 0 Å². The van der Waals surface area contributed by atoms with Crippen LogP contribution in [0, 0.1) is 0 Å². The van der Waals surface area contributed by atoms with Crippen molar-refractivity contribution in [3.05, 3.63) is 75.6 Å². The Bertz CT molecular complexity index is 1310. The van der Waals surface area contributed by atoms with Crippen molar-refractivity contribution in [2.75, 3.05) is 23.3 Å². The van der Waals surface area contributed by atoms with E-state index in [4.69, 9.17) is 16.3 Å². The number of fused-ring (bicyclic) bond motifs is 1. The molecule has 34 heavy (non-hydrogen) atoms. The lowest BCUT2D eigenvalue weighted by Gasteiger charge is -2.24. The molecule has 0 radical (unpaired) electrons. The molecule has 1 aliphatic carbocycles. The third kappa shape index (κ3) is 4.96. The molecule has 0 spiro atoms. The molecule has 4 rings (SSSR count). The number of hydrogen-bond acceptors (Lipinski definition) is 6. The molecule has 0 fully saturated rings. The van der Waals surface area contributed by atoms with Crippen molar-refractivity contribution < 1.29 is 22.7 Å². The number of aryl methyl sites for hydroxylation is 1. The van der Waals surface area contributed by atoms with Crippen LogP contribution in [0.15, 0.2) is 59.5 Å². The largest absolute Gasteiger partial charge is 0.465 e. The van der Waals surface area contributed by atoms with Gasteiger partial charge in [0.25, 0.3) is 10.0 Å². The summed E-state index contributed by atoms with van der Waals surface area (Å²) in [6, 6.07) is 14.1. The Balaban J connectivity index is 1.66. The van der Waals surface area contributed by atoms with Gasteiger partial charge in [0.05, 0.1) is 23.3 Å². The van der Waals surface area contributed by atoms with E-state index in [0.717, 1.165) is 40.4 Å². The number of carbonyl (C=O) groups excluding carboxylic acids is 2. The van der Waals surface area contributed by atoms with E-state index in [0.29, 0.717) is 21.3 Å². The molecule has 1 N–H and O–H groups in total. The highest BCUT2D eigenvalue weighted by Gasteiger charge is 2.30. The molecule has 2 aromatic carbocycles. The first-order valence-electron chi connectivity index (χ1n) is 10.7. The molecule has 1 aliphatic rings. The summed E-state index contributed by atoms with van der Waals surface area (Å²) in [5, 5.41) is 3.56. The van der Waals surface area contributed by atoms with E-state index in [1.54, 1.807) is 30.3 Å². The fraction of sp³-hybridized carbons (Fsp3) is 0.250. The van der Waals surface area contributed by atoms with Gasteiger partial charge in [-0.3, -0.25) is 9.10 Å². The number of amides is 1. The monoisotopic (exact) mass is 518 g/mol. The van der Waals surface area contributed by atoms with Crippen molar-refractivity contribution in [1.82, 2.24) is 0 Å². The Hall–Kier alpha value is -2.88. The minimum absolute atomic E-state index is 0.00962. The second kappa shape index (κ2) is 10.2. The number of methoxy groups -OCH3 is 1. The van der Waals surface area contributed by atoms with Gasteiger partial charge < -0.3 is 10.1 Å². The second-order valence-corrected chi connectivity index (χ2v) is 11.2. The number of benzene rings is 2. The highest BCUT2D eigenvalue weighted by atomic mass is 35.5. The Morgan fingerprint density at radius 3 is 2.41 bits per heavy atom. The number of nitrogens with one attached hydrogen (secondary N) is 1. The average Bonchev–Trinajstić information content (AvgIpc) is 3.20. The van der Waals surface area contributed by atoms with E-state index >= 15 is 0 Å². The second-order valence-electron chi connectivity index (χ2n) is 7.76. The number of esters is 1. The number of rotatable bonds is 7. The number of halogens is 1. The van der Waals surface area contributed by atoms with Crippen LogP contribution in [0.3, 0.4) is 0 Å². The first-order chi connectivity index (χ1) is 16.3. The van der Waals surface area contributed by atoms with Crippen molar-refractivity contribution in [2.24, 2.45) is 0 Å². The molecule has 0 saturated heterocycles. The van der Waals surface area contributed by atoms with Crippen molar-refractivity contribution in [3.63, 3.8) is 0 Å². The molecule has 0 aliphatic heterocycles. The molecular formula is C24H23ClN2O5S2. The van der Waals surface area contributed by atoms with Crippen molar-refractivity contribution >= 4 is 55.5 Å². The third-order valence-electron chi connectivity index (χ3n) is 5.55. The first kappa shape index (κ1) is 24.3. The van der Waals surface area contributed by atoms with Gasteiger partial charge in [-0.25, -0.2) is 13.2 Å². The van der Waals surface area contributed by atoms with Crippen LogP contribution in [0.2, 0.25) is 5.02 Å². The van der Waals surface area contributed by atoms with Gasteiger partial charge in [0.15, 0.2) is 0 Å². The summed E-state index contributed by atoms with van der Waals surface area (Å²) in [4.78, 5) is 26.7. The van der Waals surface area contributed by atoms with E-state index in [2.05, 4.69) is 5.32 Å². The van der Waals surface area contributed by atoms with E-state index in [-0.39, 0.29) is 4.90 Å². The summed E-state index contributed by atoms with van der Waals surface area (Å²) in [6.45, 7) is -0.474. The Labute approximate surface area is 207 Å². The van der Waals surface area contributed by atoms with Crippen molar-refractivity contribution in [2.45, 2.75) is 30.6 Å². The maximum Gasteiger partial charge on any atom is 0.341 e. The SMILES string of the molecule is COC(=O)c1c(NC(=O)CN(c2ccccc2)S(=O)(=O)c2ccc(Cl)cc2)sc2c1CCCC2. The molecular weight excluding hydrogens is 496 g/mol. The number of sulfonamides is 1. The number of ether oxygens (including phenoxy) is 1. The lowest BCUT2D eigenvalue weighted by atomic mass is 9.95. The molecule has 0 unspecified atom stereocenters. The number of carbonyl (C=O) groups is 2. The maximum absolute atomic E-state index is 13.4. The molecule has 1 heterocycles. The van der Waals surface area contributed by atoms with E-state index in [9.17, 15) is 18.0 Å². The van der Waals surface area contributed by atoms with Crippen LogP contribution >= 0.6 is 22.9 Å². The fourth-order valence-corrected chi connectivity index (χ4v) is 6.75. The molecule has 178 valence electrons. The van der Waals surface area contributed by atoms with Gasteiger partial charge in [0.1, 0.15) is 11.5 Å². The average molecular weight is 519 g/mol. The fourth-order valence-electron chi connectivity index (χ4n) is 3.91. The zero-order chi connectivity index (χ0) is 24.3. The number of hydrogen-bond donors (Lipinski definition) is 1. The lowest BCUT2D eigenvalue weighted by molar-refractivity contribution is -0.114. The lowest BCUT2D eigenvalue weighted by Crippen LogP contribution is -2.38. The van der Waals surface area contributed by atoms with Crippen LogP contribution in [-0.4, -0.2) is 33.9 Å². The van der Waals surface area contributed by atoms with Gasteiger partial charge in [-0.1, -0.05) is 29.8 Å². The standard InChI is InChI=1S/C24H23ClN2O5S2/c1-32-24(29)22-19-9-5-6-10-20(19)33-23(22)26-21(28)15-27(17-7-3-2-4-8-17)34(30,31)18-13-11-16(25)12-14-18/h2-4,7-8,11-14H,5-6,9-10,15H2,1H3,(H,26,28). The van der Waals surface area contributed by atoms with Gasteiger partial charge >= 0.3 is 5.97 Å². The summed E-state index contributed by atoms with van der Waals surface area (Å²) in [5.74, 6) is -1.08. The summed E-state index contributed by atoms with van der Waals surface area (Å²) >= 11 is 7.27. The molecule has 10 heteroatoms. The molecule has 7 nitrogen and oxygen atoms in total. The highest BCUT2D eigenvalue weighted by molar-refractivity contribution is 7.92. The smallest absolute Gasteiger partial charge is 0.341 e. The van der Waals surface area contributed by atoms with Gasteiger partial charge in [-0.05, 0) is 67.6 Å². The maximum atomic E-state index is 13.4. The zero-order valence-corrected chi connectivity index (χ0v) is 20.8. The summed E-state index contributed by atoms with van der Waals surface area (Å²) < 4.78 is 32.9. The first-order valence-corrected chi connectivity index (χ1v) is 13.3. The zero-order valence-electron chi connectivity index (χ0n) is 18.4. The normalized spacial score (nSPS) is 13.1. The van der Waals surface area contributed by atoms with E-state index in [1.807, 2.05) is 0 Å². The van der Waals surface area contributed by atoms with Crippen LogP contribution in [0.25, 0.3) is 0 Å². The van der Waals surface area contributed by atoms with Crippen molar-refractivity contribution in [3.8, 4) is 0 Å². The van der Waals surface area contributed by atoms with Gasteiger partial charge in [-0.2, -0.15) is 0 Å². The van der Waals surface area contributed by atoms with E-state index < -0.39 is 28.4 Å². The Kier molecular flexibility index (Phi) is 7.25. The number of anilines is 2. The predicted molar refractivity (Wildman–Crippen MR) is 133 cm³/mol. The Morgan fingerprint density at radius 1 is 1.06 bits per heavy atom. The Morgan fingerprint density at radius 2 is 1.74 bits per heavy atom. The van der Waals surface area contributed by atoms with E-state index in [1.165, 1.54) is 42.7 Å². The van der Waals surface area contributed by atoms with Gasteiger partial charge in [0, 0.05) is 9.90 Å². The third-order valence-corrected chi connectivity index (χ3v) is 8.79. The molecule has 3 aromatic rings. The molecule has 0 saturated carbocycles. The molecule has 0 atom stereocenters. The topological polar surface area (TPSA) is 92.8 Å². The molecule has 1 aromatic heterocycles. The summed E-state index contributed by atoms with van der Waals surface area (Å²) in [7, 11) is -2.76. The van der Waals surface area contributed by atoms with Crippen LogP contribution < -0.4 is 9.62 Å². The quantitative estimate of drug-likeness (QED) is 0.449. The van der Waals surface area contributed by atoms with Gasteiger partial charge in [0.2, 0.25) is 5.91 Å². The van der Waals surface area contributed by atoms with Crippen LogP contribution in [0.5, 0.6) is 0 Å². The summed E-state index contributed by atoms with van der Waals surface area (Å²) in [6.07, 6.45) is 3.55. The number of thiophene rings is 1. The molecule has 0 bridgehead atoms. The minimum Gasteiger partial charge on any atom is -0.465 e. The van der Waals surface area contributed by atoms with Crippen LogP contribution in [-0.2, 0) is 32.4 Å². The highest BCUT2D eigenvalue weighted by Crippen LogP contribution is 2.38. The number of para-hydroxylation sites is 1. The summed E-state index contributed by atoms with van der Waals surface area (Å²) in [5.41, 5.74) is 1.61. The molecule has 1 amide bonds. The van der Waals surface area contributed by atoms with Crippen LogP contribution in [0.1, 0.15) is 33.6 Å². The number of nitrogens with zero attached hydrogens (tertiary/aromatic N) is 1.